The minimum atomic E-state index is -0.162. The average Bonchev–Trinajstić information content (AvgIpc) is 3.34. The number of benzene rings is 2. The third-order valence-electron chi connectivity index (χ3n) is 4.24. The molecule has 0 saturated carbocycles. The van der Waals surface area contributed by atoms with Crippen molar-refractivity contribution in [1.82, 2.24) is 30.0 Å². The van der Waals surface area contributed by atoms with Gasteiger partial charge in [-0.1, -0.05) is 59.8 Å². The SMILES string of the molecule is Cc1ccc(-c2cc(NC(=O)CSc3nnnn3C)n(-c3ccccc3)n2)cc1. The van der Waals surface area contributed by atoms with Gasteiger partial charge in [-0.25, -0.2) is 9.36 Å². The lowest BCUT2D eigenvalue weighted by Gasteiger charge is -2.08. The Kier molecular flexibility index (Phi) is 5.39. The zero-order chi connectivity index (χ0) is 20.2. The van der Waals surface area contributed by atoms with Crippen LogP contribution in [0.2, 0.25) is 0 Å². The average molecular weight is 405 g/mol. The zero-order valence-corrected chi connectivity index (χ0v) is 16.8. The number of hydrogen-bond acceptors (Lipinski definition) is 6. The van der Waals surface area contributed by atoms with E-state index < -0.39 is 0 Å². The number of thioether (sulfide) groups is 1. The van der Waals surface area contributed by atoms with E-state index in [1.54, 1.807) is 11.7 Å². The van der Waals surface area contributed by atoms with Crippen LogP contribution < -0.4 is 5.32 Å². The number of hydrogen-bond donors (Lipinski definition) is 1. The molecule has 0 aliphatic heterocycles. The number of tetrazole rings is 1. The van der Waals surface area contributed by atoms with Crippen molar-refractivity contribution in [2.75, 3.05) is 11.1 Å². The highest BCUT2D eigenvalue weighted by atomic mass is 32.2. The van der Waals surface area contributed by atoms with Gasteiger partial charge in [0, 0.05) is 18.7 Å². The summed E-state index contributed by atoms with van der Waals surface area (Å²) in [5, 5.41) is 19.5. The number of carbonyl (C=O) groups excluding carboxylic acids is 1. The third-order valence-corrected chi connectivity index (χ3v) is 5.25. The number of anilines is 1. The largest absolute Gasteiger partial charge is 0.310 e. The molecule has 0 unspecified atom stereocenters. The molecule has 0 saturated heterocycles. The summed E-state index contributed by atoms with van der Waals surface area (Å²) in [4.78, 5) is 12.5. The van der Waals surface area contributed by atoms with Gasteiger partial charge in [-0.3, -0.25) is 4.79 Å². The van der Waals surface area contributed by atoms with Gasteiger partial charge >= 0.3 is 0 Å². The predicted octanol–water partition coefficient (Wildman–Crippen LogP) is 3.10. The molecule has 0 fully saturated rings. The molecule has 8 nitrogen and oxygen atoms in total. The fourth-order valence-corrected chi connectivity index (χ4v) is 3.40. The van der Waals surface area contributed by atoms with Crippen LogP contribution >= 0.6 is 11.8 Å². The molecule has 1 N–H and O–H groups in total. The van der Waals surface area contributed by atoms with Gasteiger partial charge < -0.3 is 5.32 Å². The molecule has 1 amide bonds. The van der Waals surface area contributed by atoms with E-state index in [2.05, 4.69) is 20.8 Å². The molecule has 0 spiro atoms. The van der Waals surface area contributed by atoms with Crippen molar-refractivity contribution >= 4 is 23.5 Å². The molecule has 4 rings (SSSR count). The van der Waals surface area contributed by atoms with Crippen LogP contribution in [0.3, 0.4) is 0 Å². The second-order valence-electron chi connectivity index (χ2n) is 6.45. The molecule has 146 valence electrons. The minimum absolute atomic E-state index is 0.162. The Bertz CT molecular complexity index is 1120. The highest BCUT2D eigenvalue weighted by Crippen LogP contribution is 2.25. The lowest BCUT2D eigenvalue weighted by Crippen LogP contribution is -2.17. The Labute approximate surface area is 171 Å². The van der Waals surface area contributed by atoms with E-state index in [0.717, 1.165) is 16.9 Å². The molecular formula is C20H19N7OS. The van der Waals surface area contributed by atoms with Crippen LogP contribution in [0, 0.1) is 6.92 Å². The number of amides is 1. The van der Waals surface area contributed by atoms with Gasteiger partial charge in [-0.05, 0) is 29.5 Å². The number of nitrogens with zero attached hydrogens (tertiary/aromatic N) is 6. The minimum Gasteiger partial charge on any atom is -0.310 e. The Morgan fingerprint density at radius 2 is 1.86 bits per heavy atom. The van der Waals surface area contributed by atoms with Crippen LogP contribution in [-0.2, 0) is 11.8 Å². The molecular weight excluding hydrogens is 386 g/mol. The fourth-order valence-electron chi connectivity index (χ4n) is 2.75. The molecule has 0 aliphatic carbocycles. The Morgan fingerprint density at radius 3 is 2.55 bits per heavy atom. The summed E-state index contributed by atoms with van der Waals surface area (Å²) in [6, 6.07) is 19.7. The van der Waals surface area contributed by atoms with Crippen molar-refractivity contribution in [2.24, 2.45) is 7.05 Å². The lowest BCUT2D eigenvalue weighted by molar-refractivity contribution is -0.113. The number of rotatable bonds is 6. The number of aryl methyl sites for hydroxylation is 2. The Hall–Kier alpha value is -3.46. The first-order valence-corrected chi connectivity index (χ1v) is 9.96. The van der Waals surface area contributed by atoms with Crippen molar-refractivity contribution in [3.8, 4) is 16.9 Å². The smallest absolute Gasteiger partial charge is 0.236 e. The quantitative estimate of drug-likeness (QED) is 0.496. The highest BCUT2D eigenvalue weighted by Gasteiger charge is 2.15. The molecule has 0 bridgehead atoms. The number of aromatic nitrogens is 6. The number of nitrogens with one attached hydrogen (secondary N) is 1. The molecule has 4 aromatic rings. The van der Waals surface area contributed by atoms with Crippen LogP contribution in [0.25, 0.3) is 16.9 Å². The molecule has 2 heterocycles. The summed E-state index contributed by atoms with van der Waals surface area (Å²) in [5.74, 6) is 0.632. The number of carbonyl (C=O) groups is 1. The van der Waals surface area contributed by atoms with Gasteiger partial charge in [0.15, 0.2) is 0 Å². The molecule has 29 heavy (non-hydrogen) atoms. The molecule has 9 heteroatoms. The van der Waals surface area contributed by atoms with Gasteiger partial charge in [0.25, 0.3) is 0 Å². The summed E-state index contributed by atoms with van der Waals surface area (Å²) >= 11 is 1.27. The van der Waals surface area contributed by atoms with E-state index in [0.29, 0.717) is 11.0 Å². The highest BCUT2D eigenvalue weighted by molar-refractivity contribution is 7.99. The van der Waals surface area contributed by atoms with E-state index >= 15 is 0 Å². The number of para-hydroxylation sites is 1. The third kappa shape index (κ3) is 4.35. The van der Waals surface area contributed by atoms with Crippen LogP contribution in [0.5, 0.6) is 0 Å². The van der Waals surface area contributed by atoms with Crippen LogP contribution in [0.15, 0.2) is 65.8 Å². The predicted molar refractivity (Wildman–Crippen MR) is 112 cm³/mol. The van der Waals surface area contributed by atoms with Crippen molar-refractivity contribution in [1.29, 1.82) is 0 Å². The molecule has 0 aliphatic rings. The molecule has 0 radical (unpaired) electrons. The topological polar surface area (TPSA) is 90.5 Å². The first kappa shape index (κ1) is 18.9. The fraction of sp³-hybridized carbons (Fsp3) is 0.150. The molecule has 0 atom stereocenters. The maximum absolute atomic E-state index is 12.5. The summed E-state index contributed by atoms with van der Waals surface area (Å²) in [6.07, 6.45) is 0. The maximum atomic E-state index is 12.5. The summed E-state index contributed by atoms with van der Waals surface area (Å²) in [7, 11) is 1.73. The van der Waals surface area contributed by atoms with E-state index in [1.165, 1.54) is 22.0 Å². The van der Waals surface area contributed by atoms with Crippen LogP contribution in [-0.4, -0.2) is 41.6 Å². The molecule has 2 aromatic heterocycles. The van der Waals surface area contributed by atoms with E-state index in [1.807, 2.05) is 67.6 Å². The van der Waals surface area contributed by atoms with Crippen LogP contribution in [0.1, 0.15) is 5.56 Å². The van der Waals surface area contributed by atoms with Gasteiger partial charge in [-0.15, -0.1) is 5.10 Å². The normalized spacial score (nSPS) is 10.8. The van der Waals surface area contributed by atoms with E-state index in [9.17, 15) is 4.79 Å². The van der Waals surface area contributed by atoms with Gasteiger partial charge in [0.2, 0.25) is 11.1 Å². The Morgan fingerprint density at radius 1 is 1.10 bits per heavy atom. The summed E-state index contributed by atoms with van der Waals surface area (Å²) in [5.41, 5.74) is 3.82. The first-order chi connectivity index (χ1) is 14.1. The monoisotopic (exact) mass is 405 g/mol. The van der Waals surface area contributed by atoms with Gasteiger partial charge in [-0.2, -0.15) is 5.10 Å². The first-order valence-electron chi connectivity index (χ1n) is 8.98. The van der Waals surface area contributed by atoms with Crippen molar-refractivity contribution in [3.05, 3.63) is 66.2 Å². The van der Waals surface area contributed by atoms with Gasteiger partial charge in [0.1, 0.15) is 5.82 Å². The van der Waals surface area contributed by atoms with Gasteiger partial charge in [0.05, 0.1) is 17.1 Å². The second kappa shape index (κ2) is 8.27. The van der Waals surface area contributed by atoms with Crippen LogP contribution in [0.4, 0.5) is 5.82 Å². The molecule has 2 aromatic carbocycles. The summed E-state index contributed by atoms with van der Waals surface area (Å²) < 4.78 is 3.27. The second-order valence-corrected chi connectivity index (χ2v) is 7.39. The van der Waals surface area contributed by atoms with Crippen molar-refractivity contribution in [2.45, 2.75) is 12.1 Å². The van der Waals surface area contributed by atoms with E-state index in [-0.39, 0.29) is 11.7 Å². The Balaban J connectivity index is 1.59. The zero-order valence-electron chi connectivity index (χ0n) is 16.0. The van der Waals surface area contributed by atoms with Crippen molar-refractivity contribution in [3.63, 3.8) is 0 Å². The maximum Gasteiger partial charge on any atom is 0.236 e. The summed E-state index contributed by atoms with van der Waals surface area (Å²) in [6.45, 7) is 2.04. The standard InChI is InChI=1S/C20H19N7OS/c1-14-8-10-15(11-9-14)17-12-18(27(23-17)16-6-4-3-5-7-16)21-19(28)13-29-20-22-24-25-26(20)2/h3-12H,13H2,1-2H3,(H,21,28). The lowest BCUT2D eigenvalue weighted by atomic mass is 10.1. The van der Waals surface area contributed by atoms with E-state index in [4.69, 9.17) is 5.10 Å². The van der Waals surface area contributed by atoms with Crippen molar-refractivity contribution < 1.29 is 4.79 Å².